The van der Waals surface area contributed by atoms with E-state index < -0.39 is 38.5 Å². The van der Waals surface area contributed by atoms with Gasteiger partial charge in [-0.05, 0) is 81.1 Å². The van der Waals surface area contributed by atoms with Gasteiger partial charge in [0.1, 0.15) is 27.9 Å². The van der Waals surface area contributed by atoms with Crippen molar-refractivity contribution in [3.63, 3.8) is 0 Å². The minimum absolute atomic E-state index is 0.00310. The van der Waals surface area contributed by atoms with Crippen molar-refractivity contribution in [3.05, 3.63) is 71.8 Å². The van der Waals surface area contributed by atoms with Gasteiger partial charge < -0.3 is 29.6 Å². The number of carbonyl (C=O) groups is 1. The van der Waals surface area contributed by atoms with Crippen molar-refractivity contribution >= 4 is 26.0 Å². The van der Waals surface area contributed by atoms with E-state index in [1.165, 1.54) is 32.4 Å². The van der Waals surface area contributed by atoms with Gasteiger partial charge in [-0.25, -0.2) is 26.7 Å². The van der Waals surface area contributed by atoms with E-state index in [-0.39, 0.29) is 33.8 Å². The monoisotopic (exact) mass is 692 g/mol. The van der Waals surface area contributed by atoms with Crippen LogP contribution in [0.2, 0.25) is 0 Å². The number of ether oxygens (including phenoxy) is 4. The lowest BCUT2D eigenvalue weighted by Gasteiger charge is -2.18. The SMILES string of the molecule is CCOc1ccccc1OCCN[C@H](C)Cc1ccc(OC)c(S(=O)(=O)NCC(=O)N[C@H](C)Cc2ccc(OC)c(S(N)(=O)=O)c2)c1. The molecule has 2 atom stereocenters. The number of sulfonamides is 2. The maximum atomic E-state index is 13.2. The molecule has 0 saturated carbocycles. The highest BCUT2D eigenvalue weighted by Crippen LogP contribution is 2.27. The summed E-state index contributed by atoms with van der Waals surface area (Å²) < 4.78 is 74.5. The van der Waals surface area contributed by atoms with E-state index in [4.69, 9.17) is 24.1 Å². The van der Waals surface area contributed by atoms with Crippen molar-refractivity contribution in [1.29, 1.82) is 0 Å². The highest BCUT2D eigenvalue weighted by molar-refractivity contribution is 7.89. The molecular weight excluding hydrogens is 649 g/mol. The molecule has 0 spiro atoms. The quantitative estimate of drug-likeness (QED) is 0.136. The molecular formula is C32H44N4O9S2. The molecule has 3 rings (SSSR count). The molecule has 15 heteroatoms. The number of hydrogen-bond donors (Lipinski definition) is 4. The molecule has 13 nitrogen and oxygen atoms in total. The number of primary sulfonamides is 1. The zero-order chi connectivity index (χ0) is 34.6. The molecule has 0 bridgehead atoms. The third-order valence-electron chi connectivity index (χ3n) is 6.97. The number of nitrogens with two attached hydrogens (primary N) is 1. The number of benzene rings is 3. The topological polar surface area (TPSA) is 184 Å². The van der Waals surface area contributed by atoms with Gasteiger partial charge in [-0.1, -0.05) is 24.3 Å². The summed E-state index contributed by atoms with van der Waals surface area (Å²) in [7, 11) is -5.44. The van der Waals surface area contributed by atoms with E-state index in [1.54, 1.807) is 25.1 Å². The fraction of sp³-hybridized carbons (Fsp3) is 0.406. The predicted molar refractivity (Wildman–Crippen MR) is 178 cm³/mol. The van der Waals surface area contributed by atoms with Gasteiger partial charge in [0.15, 0.2) is 11.5 Å². The van der Waals surface area contributed by atoms with E-state index in [1.807, 2.05) is 38.1 Å². The molecule has 0 radical (unpaired) electrons. The number of nitrogens with one attached hydrogen (secondary N) is 3. The van der Waals surface area contributed by atoms with Gasteiger partial charge in [-0.15, -0.1) is 0 Å². The normalized spacial score (nSPS) is 13.0. The first-order valence-electron chi connectivity index (χ1n) is 15.0. The Morgan fingerprint density at radius 1 is 0.787 bits per heavy atom. The summed E-state index contributed by atoms with van der Waals surface area (Å²) in [6.07, 6.45) is 0.790. The van der Waals surface area contributed by atoms with Crippen LogP contribution in [0.15, 0.2) is 70.5 Å². The standard InChI is InChI=1S/C32H44N4O9S2/c1-6-44-26-9-7-8-10-27(26)45-16-15-34-22(2)17-24-12-14-29(43-5)31(20-24)47(40,41)35-21-32(37)36-23(3)18-25-11-13-28(42-4)30(19-25)46(33,38)39/h7-14,19-20,22-23,34-35H,6,15-18,21H2,1-5H3,(H,36,37)(H2,33,38,39)/t22-,23-/m1/s1. The van der Waals surface area contributed by atoms with Gasteiger partial charge in [0.25, 0.3) is 0 Å². The highest BCUT2D eigenvalue weighted by atomic mass is 32.2. The Morgan fingerprint density at radius 2 is 1.34 bits per heavy atom. The highest BCUT2D eigenvalue weighted by Gasteiger charge is 2.22. The van der Waals surface area contributed by atoms with Gasteiger partial charge >= 0.3 is 0 Å². The summed E-state index contributed by atoms with van der Waals surface area (Å²) in [5.74, 6) is 1.03. The Hall–Kier alpha value is -3.89. The van der Waals surface area contributed by atoms with Gasteiger partial charge in [0.2, 0.25) is 26.0 Å². The van der Waals surface area contributed by atoms with Crippen LogP contribution in [-0.2, 0) is 37.7 Å². The number of amides is 1. The zero-order valence-electron chi connectivity index (χ0n) is 27.2. The molecule has 0 saturated heterocycles. The average Bonchev–Trinajstić information content (AvgIpc) is 3.02. The third-order valence-corrected chi connectivity index (χ3v) is 9.32. The predicted octanol–water partition coefficient (Wildman–Crippen LogP) is 2.38. The molecule has 258 valence electrons. The molecule has 0 aromatic heterocycles. The smallest absolute Gasteiger partial charge is 0.244 e. The Kier molecular flexibility index (Phi) is 13.8. The van der Waals surface area contributed by atoms with Crippen LogP contribution in [-0.4, -0.2) is 75.3 Å². The first-order chi connectivity index (χ1) is 22.3. The Bertz CT molecular complexity index is 1720. The van der Waals surface area contributed by atoms with E-state index in [0.29, 0.717) is 43.2 Å². The maximum absolute atomic E-state index is 13.2. The number of rotatable bonds is 19. The number of hydrogen-bond acceptors (Lipinski definition) is 10. The van der Waals surface area contributed by atoms with Crippen LogP contribution >= 0.6 is 0 Å². The molecule has 0 aliphatic heterocycles. The largest absolute Gasteiger partial charge is 0.495 e. The van der Waals surface area contributed by atoms with Gasteiger partial charge in [0.05, 0.1) is 27.4 Å². The van der Waals surface area contributed by atoms with Crippen LogP contribution in [0, 0.1) is 0 Å². The second-order valence-electron chi connectivity index (χ2n) is 10.8. The molecule has 0 heterocycles. The molecule has 0 fully saturated rings. The van der Waals surface area contributed by atoms with Crippen LogP contribution in [0.4, 0.5) is 0 Å². The molecule has 0 aliphatic rings. The molecule has 0 aliphatic carbocycles. The molecule has 3 aromatic carbocycles. The summed E-state index contributed by atoms with van der Waals surface area (Å²) in [4.78, 5) is 12.4. The second-order valence-corrected chi connectivity index (χ2v) is 14.1. The lowest BCUT2D eigenvalue weighted by molar-refractivity contribution is -0.120. The molecule has 1 amide bonds. The van der Waals surface area contributed by atoms with E-state index in [9.17, 15) is 21.6 Å². The summed E-state index contributed by atoms with van der Waals surface area (Å²) in [5, 5.41) is 11.4. The first kappa shape index (κ1) is 37.6. The van der Waals surface area contributed by atoms with Crippen molar-refractivity contribution in [2.45, 2.75) is 55.5 Å². The maximum Gasteiger partial charge on any atom is 0.244 e. The van der Waals surface area contributed by atoms with Crippen LogP contribution in [0.5, 0.6) is 23.0 Å². The molecule has 0 unspecified atom stereocenters. The number of methoxy groups -OCH3 is 2. The van der Waals surface area contributed by atoms with E-state index in [2.05, 4.69) is 15.4 Å². The number of carbonyl (C=O) groups excluding carboxylic acids is 1. The molecule has 47 heavy (non-hydrogen) atoms. The minimum Gasteiger partial charge on any atom is -0.495 e. The fourth-order valence-corrected chi connectivity index (χ4v) is 6.78. The summed E-state index contributed by atoms with van der Waals surface area (Å²) in [6, 6.07) is 16.4. The zero-order valence-corrected chi connectivity index (χ0v) is 28.9. The van der Waals surface area contributed by atoms with Crippen LogP contribution in [0.3, 0.4) is 0 Å². The second kappa shape index (κ2) is 17.3. The lowest BCUT2D eigenvalue weighted by Crippen LogP contribution is -2.41. The van der Waals surface area contributed by atoms with Crippen LogP contribution in [0.25, 0.3) is 0 Å². The van der Waals surface area contributed by atoms with Crippen molar-refractivity contribution in [2.75, 3.05) is 40.5 Å². The van der Waals surface area contributed by atoms with Gasteiger partial charge in [-0.2, -0.15) is 0 Å². The molecule has 3 aromatic rings. The van der Waals surface area contributed by atoms with Crippen molar-refractivity contribution in [1.82, 2.24) is 15.4 Å². The Balaban J connectivity index is 1.55. The van der Waals surface area contributed by atoms with Crippen LogP contribution < -0.4 is 39.4 Å². The van der Waals surface area contributed by atoms with Crippen molar-refractivity contribution < 1.29 is 40.6 Å². The van der Waals surface area contributed by atoms with Crippen molar-refractivity contribution in [3.8, 4) is 23.0 Å². The van der Waals surface area contributed by atoms with Gasteiger partial charge in [-0.3, -0.25) is 4.79 Å². The Labute approximate surface area is 277 Å². The van der Waals surface area contributed by atoms with Crippen LogP contribution in [0.1, 0.15) is 31.9 Å². The van der Waals surface area contributed by atoms with Gasteiger partial charge in [0, 0.05) is 18.6 Å². The fourth-order valence-electron chi connectivity index (χ4n) is 4.83. The summed E-state index contributed by atoms with van der Waals surface area (Å²) in [6.45, 7) is 6.60. The number of para-hydroxylation sites is 2. The van der Waals surface area contributed by atoms with E-state index >= 15 is 0 Å². The minimum atomic E-state index is -4.12. The van der Waals surface area contributed by atoms with E-state index in [0.717, 1.165) is 5.56 Å². The molecule has 5 N–H and O–H groups in total. The summed E-state index contributed by atoms with van der Waals surface area (Å²) in [5.41, 5.74) is 1.35. The Morgan fingerprint density at radius 3 is 1.91 bits per heavy atom. The summed E-state index contributed by atoms with van der Waals surface area (Å²) >= 11 is 0. The average molecular weight is 693 g/mol. The lowest BCUT2D eigenvalue weighted by atomic mass is 10.1. The first-order valence-corrected chi connectivity index (χ1v) is 18.0. The third kappa shape index (κ3) is 11.4. The van der Waals surface area contributed by atoms with Crippen molar-refractivity contribution in [2.24, 2.45) is 5.14 Å².